The first-order chi connectivity index (χ1) is 12.0. The predicted molar refractivity (Wildman–Crippen MR) is 108 cm³/mol. The molecule has 25 heavy (non-hydrogen) atoms. The molecular formula is C19H26ClN3OS. The van der Waals surface area contributed by atoms with E-state index in [1.807, 2.05) is 37.1 Å². The molecule has 3 rings (SSSR count). The number of anilines is 1. The Labute approximate surface area is 159 Å². The SMILES string of the molecule is CC(=O)N(c1ccc(C)c(Cl)c1)C1CSC(=NC2CCCCC2)N1C. The van der Waals surface area contributed by atoms with E-state index >= 15 is 0 Å². The van der Waals surface area contributed by atoms with Crippen molar-refractivity contribution in [1.82, 2.24) is 4.90 Å². The van der Waals surface area contributed by atoms with E-state index in [-0.39, 0.29) is 12.1 Å². The zero-order valence-corrected chi connectivity index (χ0v) is 16.7. The molecule has 0 spiro atoms. The number of carbonyl (C=O) groups is 1. The average molecular weight is 380 g/mol. The van der Waals surface area contributed by atoms with Crippen LogP contribution in [0.1, 0.15) is 44.6 Å². The number of rotatable bonds is 3. The summed E-state index contributed by atoms with van der Waals surface area (Å²) in [5.41, 5.74) is 1.86. The van der Waals surface area contributed by atoms with Crippen LogP contribution in [-0.2, 0) is 4.79 Å². The molecule has 1 aromatic carbocycles. The summed E-state index contributed by atoms with van der Waals surface area (Å²) >= 11 is 8.03. The van der Waals surface area contributed by atoms with E-state index < -0.39 is 0 Å². The van der Waals surface area contributed by atoms with Crippen molar-refractivity contribution in [3.05, 3.63) is 28.8 Å². The number of hydrogen-bond acceptors (Lipinski definition) is 3. The van der Waals surface area contributed by atoms with E-state index in [0.717, 1.165) is 22.2 Å². The lowest BCUT2D eigenvalue weighted by atomic mass is 9.96. The summed E-state index contributed by atoms with van der Waals surface area (Å²) in [5.74, 6) is 0.851. The Bertz CT molecular complexity index is 673. The Morgan fingerprint density at radius 1 is 1.32 bits per heavy atom. The first kappa shape index (κ1) is 18.6. The fourth-order valence-electron chi connectivity index (χ4n) is 3.53. The number of amides is 1. The summed E-state index contributed by atoms with van der Waals surface area (Å²) in [7, 11) is 2.04. The number of nitrogens with zero attached hydrogens (tertiary/aromatic N) is 3. The van der Waals surface area contributed by atoms with E-state index in [1.54, 1.807) is 18.7 Å². The number of amidine groups is 1. The lowest BCUT2D eigenvalue weighted by molar-refractivity contribution is -0.117. The van der Waals surface area contributed by atoms with Gasteiger partial charge >= 0.3 is 0 Å². The second-order valence-electron chi connectivity index (χ2n) is 6.93. The van der Waals surface area contributed by atoms with Crippen LogP contribution in [0.15, 0.2) is 23.2 Å². The van der Waals surface area contributed by atoms with Crippen molar-refractivity contribution >= 4 is 40.1 Å². The van der Waals surface area contributed by atoms with Crippen LogP contribution >= 0.6 is 23.4 Å². The van der Waals surface area contributed by atoms with Crippen molar-refractivity contribution in [1.29, 1.82) is 0 Å². The lowest BCUT2D eigenvalue weighted by Gasteiger charge is -2.33. The highest BCUT2D eigenvalue weighted by Gasteiger charge is 2.35. The van der Waals surface area contributed by atoms with Crippen LogP contribution < -0.4 is 4.90 Å². The first-order valence-corrected chi connectivity index (χ1v) is 10.3. The molecule has 1 saturated heterocycles. The standard InChI is InChI=1S/C19H26ClN3OS/c1-13-9-10-16(11-17(13)20)23(14(2)24)18-12-25-19(22(18)3)21-15-7-5-4-6-8-15/h9-11,15,18H,4-8,12H2,1-3H3. The normalized spacial score (nSPS) is 23.3. The van der Waals surface area contributed by atoms with Crippen molar-refractivity contribution in [2.45, 2.75) is 58.2 Å². The molecule has 1 unspecified atom stereocenters. The van der Waals surface area contributed by atoms with Crippen LogP contribution in [-0.4, -0.2) is 41.0 Å². The Balaban J connectivity index is 1.81. The Kier molecular flexibility index (Phi) is 5.95. The van der Waals surface area contributed by atoms with Gasteiger partial charge in [0.2, 0.25) is 5.91 Å². The maximum atomic E-state index is 12.4. The van der Waals surface area contributed by atoms with Gasteiger partial charge in [-0.3, -0.25) is 14.7 Å². The third-order valence-electron chi connectivity index (χ3n) is 5.05. The third kappa shape index (κ3) is 4.14. The highest BCUT2D eigenvalue weighted by atomic mass is 35.5. The maximum Gasteiger partial charge on any atom is 0.225 e. The van der Waals surface area contributed by atoms with E-state index in [0.29, 0.717) is 11.1 Å². The van der Waals surface area contributed by atoms with Gasteiger partial charge in [-0.2, -0.15) is 0 Å². The molecule has 1 saturated carbocycles. The fraction of sp³-hybridized carbons (Fsp3) is 0.579. The molecular weight excluding hydrogens is 354 g/mol. The second-order valence-corrected chi connectivity index (χ2v) is 8.32. The minimum absolute atomic E-state index is 0.0243. The zero-order valence-electron chi connectivity index (χ0n) is 15.2. The molecule has 1 aliphatic heterocycles. The van der Waals surface area contributed by atoms with Gasteiger partial charge in [-0.05, 0) is 37.5 Å². The molecule has 4 nitrogen and oxygen atoms in total. The summed E-state index contributed by atoms with van der Waals surface area (Å²) in [6.07, 6.45) is 6.24. The summed E-state index contributed by atoms with van der Waals surface area (Å²) in [4.78, 5) is 21.3. The zero-order chi connectivity index (χ0) is 18.0. The number of carbonyl (C=O) groups excluding carboxylic acids is 1. The molecule has 1 atom stereocenters. The van der Waals surface area contributed by atoms with E-state index in [1.165, 1.54) is 32.1 Å². The van der Waals surface area contributed by atoms with Crippen molar-refractivity contribution < 1.29 is 4.79 Å². The minimum Gasteiger partial charge on any atom is -0.333 e. The summed E-state index contributed by atoms with van der Waals surface area (Å²) < 4.78 is 0. The highest BCUT2D eigenvalue weighted by molar-refractivity contribution is 8.14. The second kappa shape index (κ2) is 8.00. The van der Waals surface area contributed by atoms with Crippen molar-refractivity contribution in [2.24, 2.45) is 4.99 Å². The molecule has 1 aliphatic carbocycles. The molecule has 2 aliphatic rings. The molecule has 0 bridgehead atoms. The molecule has 0 aromatic heterocycles. The van der Waals surface area contributed by atoms with Crippen LogP contribution in [0.25, 0.3) is 0 Å². The fourth-order valence-corrected chi connectivity index (χ4v) is 4.92. The average Bonchev–Trinajstić information content (AvgIpc) is 2.93. The van der Waals surface area contributed by atoms with Gasteiger partial charge in [0.15, 0.2) is 5.17 Å². The Morgan fingerprint density at radius 2 is 2.04 bits per heavy atom. The van der Waals surface area contributed by atoms with Gasteiger partial charge in [0.25, 0.3) is 0 Å². The number of halogens is 1. The van der Waals surface area contributed by atoms with Crippen molar-refractivity contribution in [3.63, 3.8) is 0 Å². The number of aliphatic imine (C=N–C) groups is 1. The molecule has 0 radical (unpaired) electrons. The predicted octanol–water partition coefficient (Wildman–Crippen LogP) is 4.69. The van der Waals surface area contributed by atoms with Gasteiger partial charge in [0.05, 0.1) is 6.04 Å². The van der Waals surface area contributed by atoms with E-state index in [9.17, 15) is 4.79 Å². The molecule has 1 amide bonds. The topological polar surface area (TPSA) is 35.9 Å². The Hall–Kier alpha value is -1.20. The molecule has 2 fully saturated rings. The molecule has 136 valence electrons. The van der Waals surface area contributed by atoms with Gasteiger partial charge in [-0.1, -0.05) is 48.7 Å². The summed E-state index contributed by atoms with van der Waals surface area (Å²) in [5, 5.41) is 1.74. The number of benzene rings is 1. The van der Waals surface area contributed by atoms with Crippen molar-refractivity contribution in [2.75, 3.05) is 17.7 Å². The minimum atomic E-state index is -0.0244. The third-order valence-corrected chi connectivity index (χ3v) is 6.57. The molecule has 6 heteroatoms. The van der Waals surface area contributed by atoms with Crippen LogP contribution in [0.4, 0.5) is 5.69 Å². The maximum absolute atomic E-state index is 12.4. The number of thioether (sulfide) groups is 1. The highest BCUT2D eigenvalue weighted by Crippen LogP contribution is 2.32. The van der Waals surface area contributed by atoms with Gasteiger partial charge < -0.3 is 4.90 Å². The monoisotopic (exact) mass is 379 g/mol. The molecule has 1 heterocycles. The van der Waals surface area contributed by atoms with Gasteiger partial charge in [-0.25, -0.2) is 0 Å². The number of hydrogen-bond donors (Lipinski definition) is 0. The van der Waals surface area contributed by atoms with E-state index in [2.05, 4.69) is 4.90 Å². The van der Waals surface area contributed by atoms with E-state index in [4.69, 9.17) is 16.6 Å². The Morgan fingerprint density at radius 3 is 2.68 bits per heavy atom. The quantitative estimate of drug-likeness (QED) is 0.763. The van der Waals surface area contributed by atoms with Crippen LogP contribution in [0.3, 0.4) is 0 Å². The molecule has 1 aromatic rings. The van der Waals surface area contributed by atoms with Gasteiger partial charge in [0.1, 0.15) is 6.17 Å². The van der Waals surface area contributed by atoms with Crippen LogP contribution in [0.2, 0.25) is 5.02 Å². The first-order valence-electron chi connectivity index (χ1n) is 8.96. The van der Waals surface area contributed by atoms with Gasteiger partial charge in [-0.15, -0.1) is 0 Å². The number of aryl methyl sites for hydroxylation is 1. The van der Waals surface area contributed by atoms with Crippen LogP contribution in [0.5, 0.6) is 0 Å². The van der Waals surface area contributed by atoms with Gasteiger partial charge in [0, 0.05) is 30.4 Å². The summed E-state index contributed by atoms with van der Waals surface area (Å²) in [6.45, 7) is 3.58. The lowest BCUT2D eigenvalue weighted by Crippen LogP contribution is -2.48. The largest absolute Gasteiger partial charge is 0.333 e. The van der Waals surface area contributed by atoms with Crippen LogP contribution in [0, 0.1) is 6.92 Å². The summed E-state index contributed by atoms with van der Waals surface area (Å²) in [6, 6.07) is 6.26. The smallest absolute Gasteiger partial charge is 0.225 e. The molecule has 0 N–H and O–H groups in total. The van der Waals surface area contributed by atoms with Crippen molar-refractivity contribution in [3.8, 4) is 0 Å².